The maximum atomic E-state index is 11.4. The number of amides is 1. The molecule has 2 rings (SSSR count). The van der Waals surface area contributed by atoms with E-state index in [1.54, 1.807) is 6.07 Å². The number of hydrogen-bond donors (Lipinski definition) is 2. The largest absolute Gasteiger partial charge is 0.368 e. The quantitative estimate of drug-likeness (QED) is 0.761. The molecule has 0 radical (unpaired) electrons. The molecule has 4 heteroatoms. The van der Waals surface area contributed by atoms with Gasteiger partial charge in [-0.1, -0.05) is 12.1 Å². The van der Waals surface area contributed by atoms with Crippen LogP contribution in [0.4, 0.5) is 5.69 Å². The van der Waals surface area contributed by atoms with Crippen molar-refractivity contribution in [3.63, 3.8) is 0 Å². The van der Waals surface area contributed by atoms with Gasteiger partial charge in [-0.2, -0.15) is 0 Å². The summed E-state index contributed by atoms with van der Waals surface area (Å²) in [5, 5.41) is 3.29. The van der Waals surface area contributed by atoms with Gasteiger partial charge in [-0.3, -0.25) is 4.79 Å². The van der Waals surface area contributed by atoms with E-state index in [0.717, 1.165) is 37.4 Å². The fraction of sp³-hybridized carbons (Fsp3) is 0.417. The van der Waals surface area contributed by atoms with Gasteiger partial charge in [0.1, 0.15) is 0 Å². The van der Waals surface area contributed by atoms with E-state index in [-0.39, 0.29) is 5.91 Å². The summed E-state index contributed by atoms with van der Waals surface area (Å²) in [6.07, 6.45) is 0. The monoisotopic (exact) mass is 219 g/mol. The van der Waals surface area contributed by atoms with Crippen LogP contribution in [0.5, 0.6) is 0 Å². The Labute approximate surface area is 95.4 Å². The Morgan fingerprint density at radius 3 is 2.69 bits per heavy atom. The molecule has 1 heterocycles. The topological polar surface area (TPSA) is 58.4 Å². The number of rotatable bonds is 2. The molecule has 1 aromatic carbocycles. The van der Waals surface area contributed by atoms with Crippen molar-refractivity contribution in [1.82, 2.24) is 5.32 Å². The Bertz CT molecular complexity index is 397. The van der Waals surface area contributed by atoms with Crippen molar-refractivity contribution in [2.24, 2.45) is 5.73 Å². The molecule has 0 saturated carbocycles. The van der Waals surface area contributed by atoms with Gasteiger partial charge in [0.2, 0.25) is 0 Å². The number of anilines is 1. The minimum atomic E-state index is -0.350. The fourth-order valence-electron chi connectivity index (χ4n) is 2.17. The summed E-state index contributed by atoms with van der Waals surface area (Å²) in [4.78, 5) is 13.6. The Balaban J connectivity index is 2.40. The molecule has 4 nitrogen and oxygen atoms in total. The minimum Gasteiger partial charge on any atom is -0.368 e. The molecule has 1 aliphatic heterocycles. The number of piperazine rings is 1. The summed E-state index contributed by atoms with van der Waals surface area (Å²) in [6, 6.07) is 5.69. The smallest absolute Gasteiger partial charge is 0.250 e. The molecule has 1 aliphatic rings. The first-order valence-electron chi connectivity index (χ1n) is 5.55. The number of primary amides is 1. The van der Waals surface area contributed by atoms with E-state index in [0.29, 0.717) is 5.56 Å². The highest BCUT2D eigenvalue weighted by molar-refractivity contribution is 5.99. The van der Waals surface area contributed by atoms with E-state index in [1.807, 2.05) is 19.1 Å². The lowest BCUT2D eigenvalue weighted by Crippen LogP contribution is -2.44. The number of benzene rings is 1. The zero-order valence-corrected chi connectivity index (χ0v) is 9.49. The predicted molar refractivity (Wildman–Crippen MR) is 64.8 cm³/mol. The molecular weight excluding hydrogens is 202 g/mol. The Hall–Kier alpha value is -1.55. The number of nitrogens with two attached hydrogens (primary N) is 1. The van der Waals surface area contributed by atoms with E-state index in [9.17, 15) is 4.79 Å². The third-order valence-electron chi connectivity index (χ3n) is 2.94. The number of para-hydroxylation sites is 1. The van der Waals surface area contributed by atoms with Gasteiger partial charge in [-0.25, -0.2) is 0 Å². The van der Waals surface area contributed by atoms with Gasteiger partial charge in [0, 0.05) is 26.2 Å². The van der Waals surface area contributed by atoms with Gasteiger partial charge in [0.05, 0.1) is 11.3 Å². The molecule has 86 valence electrons. The van der Waals surface area contributed by atoms with Crippen LogP contribution < -0.4 is 16.0 Å². The summed E-state index contributed by atoms with van der Waals surface area (Å²) in [5.41, 5.74) is 8.14. The van der Waals surface area contributed by atoms with Crippen molar-refractivity contribution in [2.45, 2.75) is 6.92 Å². The summed E-state index contributed by atoms with van der Waals surface area (Å²) in [5.74, 6) is -0.350. The van der Waals surface area contributed by atoms with Gasteiger partial charge in [0.15, 0.2) is 0 Å². The van der Waals surface area contributed by atoms with E-state index >= 15 is 0 Å². The van der Waals surface area contributed by atoms with Crippen LogP contribution in [-0.4, -0.2) is 32.1 Å². The molecule has 1 aromatic rings. The standard InChI is InChI=1S/C12H17N3O/c1-9-3-2-4-10(12(13)16)11(9)15-7-5-14-6-8-15/h2-4,14H,5-8H2,1H3,(H2,13,16). The highest BCUT2D eigenvalue weighted by Crippen LogP contribution is 2.25. The average molecular weight is 219 g/mol. The van der Waals surface area contributed by atoms with Crippen molar-refractivity contribution in [3.05, 3.63) is 29.3 Å². The average Bonchev–Trinajstić information content (AvgIpc) is 2.29. The van der Waals surface area contributed by atoms with Crippen LogP contribution in [0, 0.1) is 6.92 Å². The number of carbonyl (C=O) groups is 1. The molecule has 0 bridgehead atoms. The highest BCUT2D eigenvalue weighted by Gasteiger charge is 2.18. The van der Waals surface area contributed by atoms with Crippen LogP contribution >= 0.6 is 0 Å². The third-order valence-corrected chi connectivity index (χ3v) is 2.94. The van der Waals surface area contributed by atoms with Crippen molar-refractivity contribution < 1.29 is 4.79 Å². The molecule has 0 spiro atoms. The number of nitrogens with one attached hydrogen (secondary N) is 1. The third kappa shape index (κ3) is 2.02. The first-order valence-corrected chi connectivity index (χ1v) is 5.55. The first-order chi connectivity index (χ1) is 7.70. The van der Waals surface area contributed by atoms with Crippen LogP contribution in [0.1, 0.15) is 15.9 Å². The molecule has 0 aromatic heterocycles. The van der Waals surface area contributed by atoms with Gasteiger partial charge in [0.25, 0.3) is 5.91 Å². The van der Waals surface area contributed by atoms with Crippen molar-refractivity contribution >= 4 is 11.6 Å². The van der Waals surface area contributed by atoms with Crippen molar-refractivity contribution in [1.29, 1.82) is 0 Å². The molecular formula is C12H17N3O. The van der Waals surface area contributed by atoms with Gasteiger partial charge in [-0.15, -0.1) is 0 Å². The zero-order chi connectivity index (χ0) is 11.5. The Kier molecular flexibility index (Phi) is 3.10. The molecule has 16 heavy (non-hydrogen) atoms. The van der Waals surface area contributed by atoms with E-state index in [2.05, 4.69) is 10.2 Å². The Morgan fingerprint density at radius 2 is 2.06 bits per heavy atom. The Morgan fingerprint density at radius 1 is 1.38 bits per heavy atom. The molecule has 0 unspecified atom stereocenters. The lowest BCUT2D eigenvalue weighted by Gasteiger charge is -2.31. The maximum absolute atomic E-state index is 11.4. The zero-order valence-electron chi connectivity index (χ0n) is 9.49. The van der Waals surface area contributed by atoms with Gasteiger partial charge >= 0.3 is 0 Å². The van der Waals surface area contributed by atoms with Crippen LogP contribution in [0.25, 0.3) is 0 Å². The second kappa shape index (κ2) is 4.53. The number of nitrogens with zero attached hydrogens (tertiary/aromatic N) is 1. The summed E-state index contributed by atoms with van der Waals surface area (Å²) in [7, 11) is 0. The molecule has 0 aliphatic carbocycles. The number of hydrogen-bond acceptors (Lipinski definition) is 3. The van der Waals surface area contributed by atoms with Crippen LogP contribution in [-0.2, 0) is 0 Å². The normalized spacial score (nSPS) is 16.2. The summed E-state index contributed by atoms with van der Waals surface area (Å²) < 4.78 is 0. The number of aryl methyl sites for hydroxylation is 1. The van der Waals surface area contributed by atoms with Crippen LogP contribution in [0.3, 0.4) is 0 Å². The molecule has 1 saturated heterocycles. The predicted octanol–water partition coefficient (Wildman–Crippen LogP) is 0.504. The summed E-state index contributed by atoms with van der Waals surface area (Å²) >= 11 is 0. The first kappa shape index (κ1) is 11.0. The maximum Gasteiger partial charge on any atom is 0.250 e. The van der Waals surface area contributed by atoms with E-state index < -0.39 is 0 Å². The molecule has 1 amide bonds. The second-order valence-corrected chi connectivity index (χ2v) is 4.07. The molecule has 1 fully saturated rings. The highest BCUT2D eigenvalue weighted by atomic mass is 16.1. The van der Waals surface area contributed by atoms with Crippen LogP contribution in [0.2, 0.25) is 0 Å². The second-order valence-electron chi connectivity index (χ2n) is 4.07. The van der Waals surface area contributed by atoms with Gasteiger partial charge in [-0.05, 0) is 18.6 Å². The van der Waals surface area contributed by atoms with E-state index in [1.165, 1.54) is 0 Å². The van der Waals surface area contributed by atoms with Crippen molar-refractivity contribution in [3.8, 4) is 0 Å². The van der Waals surface area contributed by atoms with E-state index in [4.69, 9.17) is 5.73 Å². The van der Waals surface area contributed by atoms with Crippen molar-refractivity contribution in [2.75, 3.05) is 31.1 Å². The SMILES string of the molecule is Cc1cccc(C(N)=O)c1N1CCNCC1. The van der Waals surface area contributed by atoms with Crippen LogP contribution in [0.15, 0.2) is 18.2 Å². The minimum absolute atomic E-state index is 0.350. The lowest BCUT2D eigenvalue weighted by molar-refractivity contribution is 0.100. The fourth-order valence-corrected chi connectivity index (χ4v) is 2.17. The lowest BCUT2D eigenvalue weighted by atomic mass is 10.1. The summed E-state index contributed by atoms with van der Waals surface area (Å²) in [6.45, 7) is 5.76. The molecule has 3 N–H and O–H groups in total. The van der Waals surface area contributed by atoms with Gasteiger partial charge < -0.3 is 16.0 Å². The number of carbonyl (C=O) groups excluding carboxylic acids is 1. The molecule has 0 atom stereocenters.